The van der Waals surface area contributed by atoms with E-state index in [1.165, 1.54) is 0 Å². The molecule has 2 aromatic carbocycles. The van der Waals surface area contributed by atoms with E-state index in [1.54, 1.807) is 12.1 Å². The van der Waals surface area contributed by atoms with Gasteiger partial charge in [-0.25, -0.2) is 0 Å². The maximum Gasteiger partial charge on any atom is 0.232 e. The first-order valence-corrected chi connectivity index (χ1v) is 8.98. The molecule has 0 aromatic heterocycles. The van der Waals surface area contributed by atoms with Gasteiger partial charge in [0, 0.05) is 25.1 Å². The maximum absolute atomic E-state index is 14.4. The predicted octanol–water partition coefficient (Wildman–Crippen LogP) is 2.93. The topological polar surface area (TPSA) is 66.3 Å². The molecule has 0 saturated carbocycles. The van der Waals surface area contributed by atoms with Crippen LogP contribution in [0.2, 0.25) is 0 Å². The van der Waals surface area contributed by atoms with E-state index in [0.29, 0.717) is 18.6 Å². The van der Waals surface area contributed by atoms with Crippen molar-refractivity contribution in [3.63, 3.8) is 0 Å². The Balaban J connectivity index is 1.79. The van der Waals surface area contributed by atoms with Gasteiger partial charge < -0.3 is 20.1 Å². The van der Waals surface area contributed by atoms with Crippen molar-refractivity contribution >= 4 is 5.76 Å². The Morgan fingerprint density at radius 3 is 2.70 bits per heavy atom. The van der Waals surface area contributed by atoms with Crippen molar-refractivity contribution in [2.75, 3.05) is 26.4 Å². The van der Waals surface area contributed by atoms with E-state index in [2.05, 4.69) is 16.7 Å². The fraction of sp³-hybridized carbons (Fsp3) is 0.286. The van der Waals surface area contributed by atoms with Crippen LogP contribution < -0.4 is 10.6 Å². The van der Waals surface area contributed by atoms with Crippen molar-refractivity contribution < 1.29 is 13.9 Å². The van der Waals surface area contributed by atoms with E-state index in [4.69, 9.17) is 14.7 Å². The highest BCUT2D eigenvalue weighted by Crippen LogP contribution is 2.36. The summed E-state index contributed by atoms with van der Waals surface area (Å²) in [6.07, 6.45) is 0.693. The van der Waals surface area contributed by atoms with Crippen LogP contribution in [0.15, 0.2) is 48.4 Å². The van der Waals surface area contributed by atoms with Crippen LogP contribution in [-0.2, 0) is 15.9 Å². The van der Waals surface area contributed by atoms with Gasteiger partial charge in [0.25, 0.3) is 0 Å². The third-order valence-corrected chi connectivity index (χ3v) is 4.80. The van der Waals surface area contributed by atoms with Gasteiger partial charge in [-0.05, 0) is 28.8 Å². The normalized spacial score (nSPS) is 19.3. The highest BCUT2D eigenvalue weighted by atomic mass is 19.1. The number of morpholine rings is 1. The molecule has 0 aliphatic carbocycles. The first-order chi connectivity index (χ1) is 13.3. The molecule has 0 unspecified atom stereocenters. The summed E-state index contributed by atoms with van der Waals surface area (Å²) in [5.74, 6) is -0.228. The van der Waals surface area contributed by atoms with Gasteiger partial charge in [-0.2, -0.15) is 9.65 Å². The molecule has 1 fully saturated rings. The Bertz CT molecular complexity index is 897. The standard InChI is InChI=1S/C21H20FN3O2/c22-21-20(27-13-25-21)19-16(10-17-12-24-8-9-26-17)2-1-3-18(19)15-6-4-14(11-23)5-7-15/h1-7,17,24-25H,8-10,12-13H2/t17-/m0/s1. The summed E-state index contributed by atoms with van der Waals surface area (Å²) >= 11 is 0. The second-order valence-corrected chi connectivity index (χ2v) is 6.54. The lowest BCUT2D eigenvalue weighted by Crippen LogP contribution is -2.39. The van der Waals surface area contributed by atoms with E-state index in [1.807, 2.05) is 30.3 Å². The lowest BCUT2D eigenvalue weighted by Gasteiger charge is -2.25. The zero-order valence-corrected chi connectivity index (χ0v) is 14.8. The average Bonchev–Trinajstić information content (AvgIpc) is 3.14. The van der Waals surface area contributed by atoms with Crippen LogP contribution in [0.4, 0.5) is 4.39 Å². The molecule has 0 amide bonds. The molecule has 5 nitrogen and oxygen atoms in total. The molecule has 1 saturated heterocycles. The molecule has 1 atom stereocenters. The number of halogens is 1. The second-order valence-electron chi connectivity index (χ2n) is 6.54. The molecule has 2 aliphatic rings. The summed E-state index contributed by atoms with van der Waals surface area (Å²) in [7, 11) is 0. The summed E-state index contributed by atoms with van der Waals surface area (Å²) in [5, 5.41) is 15.0. The number of rotatable bonds is 4. The van der Waals surface area contributed by atoms with Crippen LogP contribution in [0.1, 0.15) is 16.7 Å². The Kier molecular flexibility index (Phi) is 5.05. The Labute approximate surface area is 157 Å². The zero-order valence-electron chi connectivity index (χ0n) is 14.8. The number of nitrogens with zero attached hydrogens (tertiary/aromatic N) is 1. The van der Waals surface area contributed by atoms with Crippen molar-refractivity contribution in [3.05, 3.63) is 65.1 Å². The smallest absolute Gasteiger partial charge is 0.232 e. The third kappa shape index (κ3) is 3.65. The summed E-state index contributed by atoms with van der Waals surface area (Å²) in [4.78, 5) is 0. The highest BCUT2D eigenvalue weighted by Gasteiger charge is 2.25. The van der Waals surface area contributed by atoms with Crippen LogP contribution >= 0.6 is 0 Å². The van der Waals surface area contributed by atoms with Gasteiger partial charge in [0.1, 0.15) is 0 Å². The van der Waals surface area contributed by atoms with Crippen LogP contribution in [0.3, 0.4) is 0 Å². The van der Waals surface area contributed by atoms with Gasteiger partial charge in [-0.15, -0.1) is 0 Å². The van der Waals surface area contributed by atoms with Gasteiger partial charge in [-0.1, -0.05) is 30.3 Å². The van der Waals surface area contributed by atoms with Crippen molar-refractivity contribution in [2.24, 2.45) is 0 Å². The molecule has 0 radical (unpaired) electrons. The van der Waals surface area contributed by atoms with Crippen LogP contribution in [0.25, 0.3) is 16.9 Å². The van der Waals surface area contributed by atoms with E-state index in [9.17, 15) is 4.39 Å². The molecule has 6 heteroatoms. The number of hydrogen-bond acceptors (Lipinski definition) is 5. The summed E-state index contributed by atoms with van der Waals surface area (Å²) in [6.45, 7) is 2.40. The lowest BCUT2D eigenvalue weighted by molar-refractivity contribution is 0.0292. The van der Waals surface area contributed by atoms with E-state index in [-0.39, 0.29) is 18.6 Å². The summed E-state index contributed by atoms with van der Waals surface area (Å²) < 4.78 is 25.8. The lowest BCUT2D eigenvalue weighted by atomic mass is 9.91. The van der Waals surface area contributed by atoms with Crippen LogP contribution in [-0.4, -0.2) is 32.5 Å². The van der Waals surface area contributed by atoms with E-state index >= 15 is 0 Å². The number of benzene rings is 2. The Hall–Kier alpha value is -2.88. The molecule has 4 rings (SSSR count). The monoisotopic (exact) mass is 365 g/mol. The average molecular weight is 365 g/mol. The van der Waals surface area contributed by atoms with E-state index < -0.39 is 5.95 Å². The van der Waals surface area contributed by atoms with Crippen LogP contribution in [0.5, 0.6) is 0 Å². The highest BCUT2D eigenvalue weighted by molar-refractivity contribution is 5.82. The maximum atomic E-state index is 14.4. The fourth-order valence-electron chi connectivity index (χ4n) is 3.50. The zero-order chi connectivity index (χ0) is 18.6. The van der Waals surface area contributed by atoms with Crippen molar-refractivity contribution in [1.82, 2.24) is 10.6 Å². The number of ether oxygens (including phenoxy) is 2. The van der Waals surface area contributed by atoms with Gasteiger partial charge in [-0.3, -0.25) is 0 Å². The number of hydrogen-bond donors (Lipinski definition) is 2. The van der Waals surface area contributed by atoms with Crippen molar-refractivity contribution in [1.29, 1.82) is 5.26 Å². The minimum atomic E-state index is -0.458. The van der Waals surface area contributed by atoms with Gasteiger partial charge in [0.05, 0.1) is 24.3 Å². The first kappa shape index (κ1) is 17.5. The quantitative estimate of drug-likeness (QED) is 0.816. The molecular weight excluding hydrogens is 345 g/mol. The van der Waals surface area contributed by atoms with Gasteiger partial charge in [0.2, 0.25) is 5.95 Å². The van der Waals surface area contributed by atoms with Gasteiger partial charge >= 0.3 is 0 Å². The number of nitrogens with one attached hydrogen (secondary N) is 2. The van der Waals surface area contributed by atoms with Crippen molar-refractivity contribution in [3.8, 4) is 17.2 Å². The molecular formula is C21H20FN3O2. The molecule has 2 aromatic rings. The molecule has 2 N–H and O–H groups in total. The Morgan fingerprint density at radius 1 is 1.19 bits per heavy atom. The second kappa shape index (κ2) is 7.78. The number of nitriles is 1. The summed E-state index contributed by atoms with van der Waals surface area (Å²) in [6, 6.07) is 15.3. The largest absolute Gasteiger partial charge is 0.468 e. The van der Waals surface area contributed by atoms with Crippen LogP contribution in [0, 0.1) is 11.3 Å². The molecule has 27 heavy (non-hydrogen) atoms. The first-order valence-electron chi connectivity index (χ1n) is 8.98. The minimum Gasteiger partial charge on any atom is -0.468 e. The third-order valence-electron chi connectivity index (χ3n) is 4.80. The molecule has 138 valence electrons. The Morgan fingerprint density at radius 2 is 2.04 bits per heavy atom. The van der Waals surface area contributed by atoms with Crippen molar-refractivity contribution in [2.45, 2.75) is 12.5 Å². The molecule has 0 spiro atoms. The molecule has 2 heterocycles. The van der Waals surface area contributed by atoms with Gasteiger partial charge in [0.15, 0.2) is 12.5 Å². The predicted molar refractivity (Wildman–Crippen MR) is 100 cm³/mol. The summed E-state index contributed by atoms with van der Waals surface area (Å²) in [5.41, 5.74) is 4.07. The fourth-order valence-corrected chi connectivity index (χ4v) is 3.50. The molecule has 0 bridgehead atoms. The minimum absolute atomic E-state index is 0.0340. The SMILES string of the molecule is N#Cc1ccc(-c2cccc(C[C@H]3CNCCO3)c2C2=C(F)NCO2)cc1. The van der Waals surface area contributed by atoms with E-state index in [0.717, 1.165) is 35.3 Å². The molecule has 2 aliphatic heterocycles.